The van der Waals surface area contributed by atoms with E-state index in [1.807, 2.05) is 6.92 Å². The molecule has 1 unspecified atom stereocenters. The van der Waals surface area contributed by atoms with Gasteiger partial charge in [-0.05, 0) is 6.42 Å². The molecule has 0 saturated heterocycles. The zero-order valence-electron chi connectivity index (χ0n) is 8.06. The molecule has 1 aromatic heterocycles. The van der Waals surface area contributed by atoms with E-state index in [1.165, 1.54) is 11.3 Å². The smallest absolute Gasteiger partial charge is 0.309 e. The molecule has 3 N–H and O–H groups in total. The molecular formula is C9H14N2O2S. The predicted octanol–water partition coefficient (Wildman–Crippen LogP) is 1.05. The number of rotatable bonds is 5. The molecule has 0 bridgehead atoms. The Morgan fingerprint density at radius 2 is 2.50 bits per heavy atom. The van der Waals surface area contributed by atoms with Crippen LogP contribution in [0.15, 0.2) is 5.38 Å². The number of aromatic nitrogens is 1. The van der Waals surface area contributed by atoms with Gasteiger partial charge in [0.15, 0.2) is 0 Å². The summed E-state index contributed by atoms with van der Waals surface area (Å²) < 4.78 is 0. The molecule has 1 rings (SSSR count). The van der Waals surface area contributed by atoms with Gasteiger partial charge in [0, 0.05) is 17.8 Å². The van der Waals surface area contributed by atoms with Gasteiger partial charge in [-0.15, -0.1) is 11.3 Å². The molecule has 0 aliphatic carbocycles. The second-order valence-corrected chi connectivity index (χ2v) is 4.12. The first-order valence-corrected chi connectivity index (χ1v) is 5.40. The molecule has 0 aromatic carbocycles. The number of carboxylic acid groups (broad SMARTS) is 1. The van der Waals surface area contributed by atoms with Crippen LogP contribution in [0.1, 0.15) is 24.0 Å². The minimum absolute atomic E-state index is 0.00212. The molecule has 1 atom stereocenters. The lowest BCUT2D eigenvalue weighted by atomic mass is 10.2. The van der Waals surface area contributed by atoms with Crippen molar-refractivity contribution in [2.75, 3.05) is 0 Å². The second-order valence-electron chi connectivity index (χ2n) is 3.18. The number of hydrogen-bond acceptors (Lipinski definition) is 4. The Morgan fingerprint density at radius 1 is 1.79 bits per heavy atom. The molecule has 0 aliphatic rings. The number of aliphatic carboxylic acids is 1. The van der Waals surface area contributed by atoms with Crippen LogP contribution in [0.5, 0.6) is 0 Å². The Hall–Kier alpha value is -0.940. The summed E-state index contributed by atoms with van der Waals surface area (Å²) in [6.07, 6.45) is 1.65. The molecule has 14 heavy (non-hydrogen) atoms. The lowest BCUT2D eigenvalue weighted by molar-refractivity contribution is -0.136. The van der Waals surface area contributed by atoms with Gasteiger partial charge >= 0.3 is 5.97 Å². The van der Waals surface area contributed by atoms with Gasteiger partial charge in [-0.3, -0.25) is 4.79 Å². The van der Waals surface area contributed by atoms with Gasteiger partial charge in [0.05, 0.1) is 17.1 Å². The van der Waals surface area contributed by atoms with Crippen molar-refractivity contribution in [2.24, 2.45) is 5.73 Å². The van der Waals surface area contributed by atoms with Crippen LogP contribution in [0.4, 0.5) is 0 Å². The van der Waals surface area contributed by atoms with Crippen LogP contribution in [-0.2, 0) is 17.6 Å². The van der Waals surface area contributed by atoms with Crippen molar-refractivity contribution < 1.29 is 9.90 Å². The lowest BCUT2D eigenvalue weighted by Crippen LogP contribution is -2.21. The first kappa shape index (κ1) is 11.1. The van der Waals surface area contributed by atoms with Crippen LogP contribution >= 0.6 is 11.3 Å². The molecule has 0 saturated carbocycles. The Balaban J connectivity index is 2.54. The maximum Gasteiger partial charge on any atom is 0.309 e. The SMILES string of the molecule is CCC(N)Cc1nc(CC(=O)O)cs1. The van der Waals surface area contributed by atoms with Crippen LogP contribution in [0.3, 0.4) is 0 Å². The monoisotopic (exact) mass is 214 g/mol. The van der Waals surface area contributed by atoms with Crippen molar-refractivity contribution in [2.45, 2.75) is 32.2 Å². The van der Waals surface area contributed by atoms with E-state index < -0.39 is 5.97 Å². The van der Waals surface area contributed by atoms with E-state index in [-0.39, 0.29) is 12.5 Å². The maximum atomic E-state index is 10.4. The largest absolute Gasteiger partial charge is 0.481 e. The molecule has 0 radical (unpaired) electrons. The zero-order chi connectivity index (χ0) is 10.6. The highest BCUT2D eigenvalue weighted by Crippen LogP contribution is 2.12. The Labute approximate surface area is 86.8 Å². The van der Waals surface area contributed by atoms with Gasteiger partial charge in [0.2, 0.25) is 0 Å². The van der Waals surface area contributed by atoms with Gasteiger partial charge in [-0.25, -0.2) is 4.98 Å². The van der Waals surface area contributed by atoms with Crippen LogP contribution < -0.4 is 5.73 Å². The quantitative estimate of drug-likeness (QED) is 0.768. The third-order valence-corrected chi connectivity index (χ3v) is 2.81. The summed E-state index contributed by atoms with van der Waals surface area (Å²) >= 11 is 1.48. The highest BCUT2D eigenvalue weighted by atomic mass is 32.1. The maximum absolute atomic E-state index is 10.4. The van der Waals surface area contributed by atoms with E-state index in [2.05, 4.69) is 4.98 Å². The zero-order valence-corrected chi connectivity index (χ0v) is 8.88. The number of hydrogen-bond donors (Lipinski definition) is 2. The van der Waals surface area contributed by atoms with E-state index in [9.17, 15) is 4.79 Å². The van der Waals surface area contributed by atoms with Gasteiger partial charge in [0.25, 0.3) is 0 Å². The minimum atomic E-state index is -0.846. The Kier molecular flexibility index (Phi) is 4.03. The summed E-state index contributed by atoms with van der Waals surface area (Å²) in [6, 6.07) is 0.124. The van der Waals surface area contributed by atoms with E-state index in [4.69, 9.17) is 10.8 Å². The van der Waals surface area contributed by atoms with Crippen LogP contribution in [-0.4, -0.2) is 22.1 Å². The minimum Gasteiger partial charge on any atom is -0.481 e. The lowest BCUT2D eigenvalue weighted by Gasteiger charge is -2.04. The fraction of sp³-hybridized carbons (Fsp3) is 0.556. The van der Waals surface area contributed by atoms with E-state index in [0.29, 0.717) is 5.69 Å². The number of nitrogens with zero attached hydrogens (tertiary/aromatic N) is 1. The number of nitrogens with two attached hydrogens (primary N) is 1. The molecule has 0 aliphatic heterocycles. The highest BCUT2D eigenvalue weighted by Gasteiger charge is 2.08. The van der Waals surface area contributed by atoms with E-state index >= 15 is 0 Å². The van der Waals surface area contributed by atoms with Crippen molar-refractivity contribution >= 4 is 17.3 Å². The summed E-state index contributed by atoms with van der Waals surface area (Å²) in [4.78, 5) is 14.6. The van der Waals surface area contributed by atoms with E-state index in [1.54, 1.807) is 5.38 Å². The molecule has 1 aromatic rings. The van der Waals surface area contributed by atoms with Crippen molar-refractivity contribution in [3.05, 3.63) is 16.1 Å². The topological polar surface area (TPSA) is 76.2 Å². The first-order chi connectivity index (χ1) is 6.61. The molecule has 1 heterocycles. The Bertz CT molecular complexity index is 312. The molecule has 4 nitrogen and oxygen atoms in total. The van der Waals surface area contributed by atoms with Crippen LogP contribution in [0.25, 0.3) is 0 Å². The highest BCUT2D eigenvalue weighted by molar-refractivity contribution is 7.09. The number of thiazole rings is 1. The third kappa shape index (κ3) is 3.43. The molecule has 5 heteroatoms. The summed E-state index contributed by atoms with van der Waals surface area (Å²) in [5, 5.41) is 11.3. The van der Waals surface area contributed by atoms with Gasteiger partial charge in [-0.1, -0.05) is 6.92 Å². The van der Waals surface area contributed by atoms with Gasteiger partial charge in [-0.2, -0.15) is 0 Å². The summed E-state index contributed by atoms with van der Waals surface area (Å²) in [7, 11) is 0. The fourth-order valence-corrected chi connectivity index (χ4v) is 1.94. The Morgan fingerprint density at radius 3 is 3.07 bits per heavy atom. The van der Waals surface area contributed by atoms with Crippen LogP contribution in [0, 0.1) is 0 Å². The summed E-state index contributed by atoms with van der Waals surface area (Å²) in [5.74, 6) is -0.846. The van der Waals surface area contributed by atoms with Crippen molar-refractivity contribution in [1.29, 1.82) is 0 Å². The molecule has 0 spiro atoms. The molecule has 0 fully saturated rings. The molecule has 0 amide bonds. The van der Waals surface area contributed by atoms with Crippen molar-refractivity contribution in [3.8, 4) is 0 Å². The fourth-order valence-electron chi connectivity index (χ4n) is 1.05. The normalized spacial score (nSPS) is 12.7. The average molecular weight is 214 g/mol. The second kappa shape index (κ2) is 5.07. The first-order valence-electron chi connectivity index (χ1n) is 4.52. The van der Waals surface area contributed by atoms with E-state index in [0.717, 1.165) is 17.8 Å². The van der Waals surface area contributed by atoms with Gasteiger partial charge < -0.3 is 10.8 Å². The molecular weight excluding hydrogens is 200 g/mol. The van der Waals surface area contributed by atoms with Crippen LogP contribution in [0.2, 0.25) is 0 Å². The number of carboxylic acids is 1. The standard InChI is InChI=1S/C9H14N2O2S/c1-2-6(10)3-8-11-7(5-14-8)4-9(12)13/h5-6H,2-4,10H2,1H3,(H,12,13). The van der Waals surface area contributed by atoms with Crippen molar-refractivity contribution in [3.63, 3.8) is 0 Å². The van der Waals surface area contributed by atoms with Gasteiger partial charge in [0.1, 0.15) is 0 Å². The predicted molar refractivity (Wildman–Crippen MR) is 55.4 cm³/mol. The summed E-state index contributed by atoms with van der Waals surface area (Å²) in [5.41, 5.74) is 6.39. The molecule has 78 valence electrons. The average Bonchev–Trinajstić information content (AvgIpc) is 2.51. The number of carbonyl (C=O) groups is 1. The summed E-state index contributed by atoms with van der Waals surface area (Å²) in [6.45, 7) is 2.02. The third-order valence-electron chi connectivity index (χ3n) is 1.89. The van der Waals surface area contributed by atoms with Crippen molar-refractivity contribution in [1.82, 2.24) is 4.98 Å².